The summed E-state index contributed by atoms with van der Waals surface area (Å²) >= 11 is 3.20. The number of nitrogens with zero attached hydrogens (tertiary/aromatic N) is 2. The van der Waals surface area contributed by atoms with Gasteiger partial charge in [0.1, 0.15) is 29.0 Å². The molecule has 1 aromatic carbocycles. The van der Waals surface area contributed by atoms with Crippen LogP contribution in [0.25, 0.3) is 11.4 Å². The van der Waals surface area contributed by atoms with Gasteiger partial charge in [0.25, 0.3) is 10.1 Å². The number of carbonyl (C=O) groups excluding carboxylic acids is 1. The summed E-state index contributed by atoms with van der Waals surface area (Å²) < 4.78 is 46.6. The highest BCUT2D eigenvalue weighted by atomic mass is 79.9. The van der Waals surface area contributed by atoms with Gasteiger partial charge in [-0.25, -0.2) is 14.2 Å². The Bertz CT molecular complexity index is 917. The van der Waals surface area contributed by atoms with E-state index in [1.165, 1.54) is 23.2 Å². The van der Waals surface area contributed by atoms with Crippen molar-refractivity contribution in [1.82, 2.24) is 9.97 Å². The summed E-state index contributed by atoms with van der Waals surface area (Å²) in [6, 6.07) is 4.23. The third-order valence-corrected chi connectivity index (χ3v) is 4.37. The minimum Gasteiger partial charge on any atom is -0.441 e. The van der Waals surface area contributed by atoms with E-state index in [4.69, 9.17) is 4.74 Å². The van der Waals surface area contributed by atoms with Gasteiger partial charge in [-0.3, -0.25) is 9.08 Å². The second kappa shape index (κ2) is 6.73. The third-order valence-electron chi connectivity index (χ3n) is 3.41. The maximum atomic E-state index is 14.4. The summed E-state index contributed by atoms with van der Waals surface area (Å²) in [4.78, 5) is 20.0. The van der Waals surface area contributed by atoms with E-state index in [2.05, 4.69) is 30.1 Å². The van der Waals surface area contributed by atoms with Crippen LogP contribution in [0.2, 0.25) is 0 Å². The summed E-state index contributed by atoms with van der Waals surface area (Å²) in [5.41, 5.74) is 0.540. The number of anilines is 1. The molecule has 1 aliphatic rings. The number of imidazole rings is 1. The Kier molecular flexibility index (Phi) is 4.80. The molecule has 1 saturated heterocycles. The first-order chi connectivity index (χ1) is 11.7. The maximum Gasteiger partial charge on any atom is 0.414 e. The molecule has 11 heteroatoms. The number of ether oxygens (including phenoxy) is 1. The number of H-pyrrole nitrogens is 1. The molecule has 8 nitrogen and oxygen atoms in total. The number of aromatic amines is 1. The zero-order chi connectivity index (χ0) is 18.2. The molecule has 0 unspecified atom stereocenters. The average molecular weight is 434 g/mol. The molecule has 1 N–H and O–H groups in total. The van der Waals surface area contributed by atoms with Crippen LogP contribution in [0.1, 0.15) is 0 Å². The molecule has 3 rings (SSSR count). The Balaban J connectivity index is 1.76. The normalized spacial score (nSPS) is 17.8. The predicted octanol–water partition coefficient (Wildman–Crippen LogP) is 2.28. The van der Waals surface area contributed by atoms with Gasteiger partial charge in [-0.05, 0) is 34.1 Å². The summed E-state index contributed by atoms with van der Waals surface area (Å²) in [7, 11) is -3.64. The molecule has 1 amide bonds. The molecule has 2 aromatic rings. The van der Waals surface area contributed by atoms with E-state index in [9.17, 15) is 17.6 Å². The van der Waals surface area contributed by atoms with Crippen molar-refractivity contribution in [3.05, 3.63) is 34.8 Å². The van der Waals surface area contributed by atoms with Crippen LogP contribution in [0.5, 0.6) is 0 Å². The molecule has 0 bridgehead atoms. The first-order valence-corrected chi connectivity index (χ1v) is 9.67. The van der Waals surface area contributed by atoms with E-state index in [1.54, 1.807) is 6.07 Å². The zero-order valence-corrected chi connectivity index (χ0v) is 15.3. The largest absolute Gasteiger partial charge is 0.441 e. The van der Waals surface area contributed by atoms with Crippen LogP contribution in [0.15, 0.2) is 29.0 Å². The molecular formula is C14H13BrFN3O5S. The van der Waals surface area contributed by atoms with Crippen LogP contribution in [-0.2, 0) is 19.0 Å². The van der Waals surface area contributed by atoms with Crippen molar-refractivity contribution >= 4 is 37.8 Å². The van der Waals surface area contributed by atoms with Crippen molar-refractivity contribution in [3.63, 3.8) is 0 Å². The summed E-state index contributed by atoms with van der Waals surface area (Å²) in [5.74, 6) is -0.220. The number of aromatic nitrogens is 2. The van der Waals surface area contributed by atoms with Crippen molar-refractivity contribution in [2.45, 2.75) is 6.10 Å². The van der Waals surface area contributed by atoms with E-state index in [0.717, 1.165) is 6.26 Å². The summed E-state index contributed by atoms with van der Waals surface area (Å²) in [5, 5.41) is 0. The Morgan fingerprint density at radius 2 is 2.28 bits per heavy atom. The van der Waals surface area contributed by atoms with E-state index in [1.807, 2.05) is 0 Å². The minimum atomic E-state index is -3.64. The first-order valence-electron chi connectivity index (χ1n) is 7.06. The van der Waals surface area contributed by atoms with Gasteiger partial charge in [0.2, 0.25) is 0 Å². The van der Waals surface area contributed by atoms with E-state index < -0.39 is 28.1 Å². The first kappa shape index (κ1) is 17.8. The van der Waals surface area contributed by atoms with Gasteiger partial charge in [0.05, 0.1) is 30.2 Å². The zero-order valence-electron chi connectivity index (χ0n) is 12.9. The molecule has 1 fully saturated rings. The second-order valence-electron chi connectivity index (χ2n) is 5.35. The number of nitrogens with one attached hydrogen (secondary N) is 1. The highest BCUT2D eigenvalue weighted by Crippen LogP contribution is 2.28. The van der Waals surface area contributed by atoms with Gasteiger partial charge < -0.3 is 9.72 Å². The Labute approximate surface area is 151 Å². The van der Waals surface area contributed by atoms with Crippen LogP contribution < -0.4 is 4.90 Å². The molecule has 1 atom stereocenters. The molecule has 0 radical (unpaired) electrons. The molecule has 25 heavy (non-hydrogen) atoms. The highest BCUT2D eigenvalue weighted by Gasteiger charge is 2.33. The number of amides is 1. The van der Waals surface area contributed by atoms with Gasteiger partial charge in [0, 0.05) is 0 Å². The molecule has 0 saturated carbocycles. The molecule has 0 aliphatic carbocycles. The van der Waals surface area contributed by atoms with Crippen molar-refractivity contribution in [3.8, 4) is 11.4 Å². The van der Waals surface area contributed by atoms with Gasteiger partial charge in [0.15, 0.2) is 0 Å². The van der Waals surface area contributed by atoms with Crippen molar-refractivity contribution in [2.75, 3.05) is 24.3 Å². The second-order valence-corrected chi connectivity index (χ2v) is 7.85. The quantitative estimate of drug-likeness (QED) is 0.725. The Hall–Kier alpha value is -1.98. The maximum absolute atomic E-state index is 14.4. The Morgan fingerprint density at radius 1 is 1.52 bits per heavy atom. The highest BCUT2D eigenvalue weighted by molar-refractivity contribution is 9.10. The molecule has 2 heterocycles. The van der Waals surface area contributed by atoms with Crippen LogP contribution in [0.4, 0.5) is 14.9 Å². The number of carbonyl (C=O) groups is 1. The third kappa shape index (κ3) is 4.17. The van der Waals surface area contributed by atoms with Crippen LogP contribution >= 0.6 is 15.9 Å². The number of rotatable bonds is 5. The van der Waals surface area contributed by atoms with Crippen molar-refractivity contribution in [1.29, 1.82) is 0 Å². The van der Waals surface area contributed by atoms with Gasteiger partial charge >= 0.3 is 6.09 Å². The van der Waals surface area contributed by atoms with Crippen LogP contribution in [0.3, 0.4) is 0 Å². The lowest BCUT2D eigenvalue weighted by molar-refractivity contribution is 0.107. The van der Waals surface area contributed by atoms with Crippen molar-refractivity contribution < 1.29 is 26.5 Å². The minimum absolute atomic E-state index is 0.0550. The lowest BCUT2D eigenvalue weighted by Crippen LogP contribution is -2.26. The predicted molar refractivity (Wildman–Crippen MR) is 90.1 cm³/mol. The van der Waals surface area contributed by atoms with E-state index >= 15 is 0 Å². The number of hydrogen-bond donors (Lipinski definition) is 1. The number of cyclic esters (lactones) is 1. The smallest absolute Gasteiger partial charge is 0.414 e. The molecule has 0 spiro atoms. The average Bonchev–Trinajstić information content (AvgIpc) is 3.10. The molecule has 1 aliphatic heterocycles. The number of hydrogen-bond acceptors (Lipinski definition) is 6. The van der Waals surface area contributed by atoms with Crippen LogP contribution in [0, 0.1) is 5.82 Å². The van der Waals surface area contributed by atoms with Crippen LogP contribution in [-0.4, -0.2) is 50.0 Å². The molecular weight excluding hydrogens is 421 g/mol. The lowest BCUT2D eigenvalue weighted by atomic mass is 10.1. The topological polar surface area (TPSA) is 102 Å². The van der Waals surface area contributed by atoms with Gasteiger partial charge in [-0.1, -0.05) is 0 Å². The monoisotopic (exact) mass is 433 g/mol. The SMILES string of the molecule is CS(=O)(=O)OC[C@@H]1CN(c2ccc(-c3ncc(Br)[nH]3)c(F)c2)C(=O)O1. The fourth-order valence-corrected chi connectivity index (χ4v) is 3.01. The fraction of sp³-hybridized carbons (Fsp3) is 0.286. The van der Waals surface area contributed by atoms with E-state index in [-0.39, 0.29) is 18.7 Å². The fourth-order valence-electron chi connectivity index (χ4n) is 2.32. The van der Waals surface area contributed by atoms with Gasteiger partial charge in [-0.2, -0.15) is 8.42 Å². The van der Waals surface area contributed by atoms with Gasteiger partial charge in [-0.15, -0.1) is 0 Å². The molecule has 134 valence electrons. The summed E-state index contributed by atoms with van der Waals surface area (Å²) in [6.07, 6.45) is 0.955. The van der Waals surface area contributed by atoms with Crippen molar-refractivity contribution in [2.24, 2.45) is 0 Å². The van der Waals surface area contributed by atoms with E-state index in [0.29, 0.717) is 16.1 Å². The molecule has 1 aromatic heterocycles. The number of halogens is 2. The summed E-state index contributed by atoms with van der Waals surface area (Å²) in [6.45, 7) is -0.235. The lowest BCUT2D eigenvalue weighted by Gasteiger charge is -2.14. The Morgan fingerprint density at radius 3 is 2.88 bits per heavy atom. The standard InChI is InChI=1S/C14H13BrFN3O5S/c1-25(21,22)23-7-9-6-19(14(20)24-9)8-2-3-10(11(16)4-8)13-17-5-12(15)18-13/h2-5,9H,6-7H2,1H3,(H,17,18)/t9-/m0/s1. The number of benzene rings is 1.